The standard InChI is InChI=1S/C9H18F2N2O2/c1-3-6(2)12-5-8(15)13-4-7(14)9(10)11/h6-7,9,12,14H,3-5H2,1-2H3,(H,13,15). The SMILES string of the molecule is CCC(C)NCC(=O)NCC(O)C(F)F. The fourth-order valence-corrected chi connectivity index (χ4v) is 0.781. The normalized spacial score (nSPS) is 15.1. The van der Waals surface area contributed by atoms with Crippen molar-refractivity contribution in [3.8, 4) is 0 Å². The van der Waals surface area contributed by atoms with Crippen LogP contribution in [-0.2, 0) is 4.79 Å². The van der Waals surface area contributed by atoms with Gasteiger partial charge in [0.05, 0.1) is 6.54 Å². The number of hydrogen-bond donors (Lipinski definition) is 3. The monoisotopic (exact) mass is 224 g/mol. The summed E-state index contributed by atoms with van der Waals surface area (Å²) in [5, 5.41) is 13.8. The summed E-state index contributed by atoms with van der Waals surface area (Å²) in [6, 6.07) is 0.204. The van der Waals surface area contributed by atoms with Gasteiger partial charge in [-0.1, -0.05) is 6.92 Å². The molecule has 15 heavy (non-hydrogen) atoms. The average molecular weight is 224 g/mol. The third-order valence-electron chi connectivity index (χ3n) is 2.02. The Morgan fingerprint density at radius 1 is 1.47 bits per heavy atom. The maximum atomic E-state index is 11.8. The van der Waals surface area contributed by atoms with E-state index in [1.807, 2.05) is 13.8 Å². The lowest BCUT2D eigenvalue weighted by Crippen LogP contribution is -2.42. The van der Waals surface area contributed by atoms with Gasteiger partial charge >= 0.3 is 0 Å². The van der Waals surface area contributed by atoms with Gasteiger partial charge in [-0.05, 0) is 13.3 Å². The molecule has 0 aliphatic heterocycles. The molecule has 3 N–H and O–H groups in total. The number of aliphatic hydroxyl groups is 1. The summed E-state index contributed by atoms with van der Waals surface area (Å²) in [6.45, 7) is 3.54. The molecule has 0 aliphatic carbocycles. The topological polar surface area (TPSA) is 61.4 Å². The molecule has 1 amide bonds. The lowest BCUT2D eigenvalue weighted by atomic mass is 10.2. The molecule has 0 fully saturated rings. The molecular weight excluding hydrogens is 206 g/mol. The highest BCUT2D eigenvalue weighted by atomic mass is 19.3. The van der Waals surface area contributed by atoms with Crippen LogP contribution in [0.15, 0.2) is 0 Å². The highest BCUT2D eigenvalue weighted by molar-refractivity contribution is 5.78. The summed E-state index contributed by atoms with van der Waals surface area (Å²) in [4.78, 5) is 11.1. The van der Waals surface area contributed by atoms with E-state index in [1.54, 1.807) is 0 Å². The summed E-state index contributed by atoms with van der Waals surface area (Å²) in [6.07, 6.45) is -3.74. The van der Waals surface area contributed by atoms with Gasteiger partial charge in [0.1, 0.15) is 6.10 Å². The molecule has 0 rings (SSSR count). The van der Waals surface area contributed by atoms with Crippen LogP contribution in [0.5, 0.6) is 0 Å². The van der Waals surface area contributed by atoms with Gasteiger partial charge in [0.2, 0.25) is 5.91 Å². The highest BCUT2D eigenvalue weighted by Crippen LogP contribution is 1.98. The largest absolute Gasteiger partial charge is 0.385 e. The smallest absolute Gasteiger partial charge is 0.265 e. The Balaban J connectivity index is 3.58. The minimum Gasteiger partial charge on any atom is -0.385 e. The van der Waals surface area contributed by atoms with E-state index >= 15 is 0 Å². The highest BCUT2D eigenvalue weighted by Gasteiger charge is 2.17. The van der Waals surface area contributed by atoms with E-state index in [1.165, 1.54) is 0 Å². The number of alkyl halides is 2. The van der Waals surface area contributed by atoms with Gasteiger partial charge < -0.3 is 15.7 Å². The lowest BCUT2D eigenvalue weighted by molar-refractivity contribution is -0.121. The predicted molar refractivity (Wildman–Crippen MR) is 52.8 cm³/mol. The minimum absolute atomic E-state index is 0.0744. The molecule has 6 heteroatoms. The van der Waals surface area contributed by atoms with Gasteiger partial charge in [-0.25, -0.2) is 8.78 Å². The number of nitrogens with one attached hydrogen (secondary N) is 2. The molecule has 0 radical (unpaired) electrons. The van der Waals surface area contributed by atoms with Crippen LogP contribution in [0, 0.1) is 0 Å². The number of carbonyl (C=O) groups is 1. The first-order valence-corrected chi connectivity index (χ1v) is 4.93. The van der Waals surface area contributed by atoms with Crippen molar-refractivity contribution in [3.05, 3.63) is 0 Å². The van der Waals surface area contributed by atoms with Crippen LogP contribution in [-0.4, -0.2) is 42.7 Å². The van der Waals surface area contributed by atoms with Crippen LogP contribution in [0.1, 0.15) is 20.3 Å². The molecule has 0 aromatic rings. The van der Waals surface area contributed by atoms with Crippen LogP contribution >= 0.6 is 0 Å². The van der Waals surface area contributed by atoms with E-state index in [9.17, 15) is 13.6 Å². The molecule has 0 aromatic heterocycles. The number of rotatable bonds is 7. The van der Waals surface area contributed by atoms with Crippen molar-refractivity contribution in [2.24, 2.45) is 0 Å². The minimum atomic E-state index is -2.83. The van der Waals surface area contributed by atoms with Crippen molar-refractivity contribution in [2.45, 2.75) is 38.8 Å². The first-order valence-electron chi connectivity index (χ1n) is 4.93. The van der Waals surface area contributed by atoms with Gasteiger partial charge in [-0.3, -0.25) is 4.79 Å². The first kappa shape index (κ1) is 14.2. The molecule has 4 nitrogen and oxygen atoms in total. The summed E-state index contributed by atoms with van der Waals surface area (Å²) in [5.74, 6) is -0.394. The second kappa shape index (κ2) is 7.53. The third-order valence-corrected chi connectivity index (χ3v) is 2.02. The zero-order valence-corrected chi connectivity index (χ0v) is 8.96. The zero-order chi connectivity index (χ0) is 11.8. The molecule has 0 saturated carbocycles. The Labute approximate surface area is 88.0 Å². The fourth-order valence-electron chi connectivity index (χ4n) is 0.781. The fraction of sp³-hybridized carbons (Fsp3) is 0.889. The van der Waals surface area contributed by atoms with Crippen LogP contribution in [0.2, 0.25) is 0 Å². The zero-order valence-electron chi connectivity index (χ0n) is 8.96. The first-order chi connectivity index (χ1) is 6.97. The van der Waals surface area contributed by atoms with Gasteiger partial charge in [-0.15, -0.1) is 0 Å². The lowest BCUT2D eigenvalue weighted by Gasteiger charge is -2.13. The number of halogens is 2. The third kappa shape index (κ3) is 7.21. The molecule has 0 bridgehead atoms. The van der Waals surface area contributed by atoms with E-state index in [0.717, 1.165) is 6.42 Å². The Morgan fingerprint density at radius 3 is 2.53 bits per heavy atom. The van der Waals surface area contributed by atoms with Crippen molar-refractivity contribution in [3.63, 3.8) is 0 Å². The van der Waals surface area contributed by atoms with Crippen LogP contribution in [0.25, 0.3) is 0 Å². The molecule has 90 valence electrons. The molecule has 0 aliphatic rings. The molecule has 0 saturated heterocycles. The van der Waals surface area contributed by atoms with Gasteiger partial charge in [0.25, 0.3) is 6.43 Å². The van der Waals surface area contributed by atoms with Crippen molar-refractivity contribution in [2.75, 3.05) is 13.1 Å². The van der Waals surface area contributed by atoms with E-state index < -0.39 is 25.0 Å². The van der Waals surface area contributed by atoms with Crippen LogP contribution in [0.4, 0.5) is 8.78 Å². The molecule has 0 heterocycles. The summed E-state index contributed by atoms with van der Waals surface area (Å²) < 4.78 is 23.7. The van der Waals surface area contributed by atoms with Crippen LogP contribution < -0.4 is 10.6 Å². The number of hydrogen-bond acceptors (Lipinski definition) is 3. The van der Waals surface area contributed by atoms with E-state index in [4.69, 9.17) is 5.11 Å². The average Bonchev–Trinajstić information content (AvgIpc) is 2.21. The molecule has 2 unspecified atom stereocenters. The Morgan fingerprint density at radius 2 is 2.07 bits per heavy atom. The number of amides is 1. The van der Waals surface area contributed by atoms with E-state index in [0.29, 0.717) is 0 Å². The van der Waals surface area contributed by atoms with Crippen molar-refractivity contribution >= 4 is 5.91 Å². The summed E-state index contributed by atoms with van der Waals surface area (Å²) in [5.41, 5.74) is 0. The number of aliphatic hydroxyl groups excluding tert-OH is 1. The van der Waals surface area contributed by atoms with Gasteiger partial charge in [-0.2, -0.15) is 0 Å². The number of carbonyl (C=O) groups excluding carboxylic acids is 1. The van der Waals surface area contributed by atoms with Gasteiger partial charge in [0.15, 0.2) is 0 Å². The Bertz CT molecular complexity index is 191. The quantitative estimate of drug-likeness (QED) is 0.575. The Kier molecular flexibility index (Phi) is 7.15. The Hall–Kier alpha value is -0.750. The maximum absolute atomic E-state index is 11.8. The van der Waals surface area contributed by atoms with Crippen molar-refractivity contribution in [1.29, 1.82) is 0 Å². The molecule has 2 atom stereocenters. The van der Waals surface area contributed by atoms with E-state index in [-0.39, 0.29) is 12.6 Å². The molecule has 0 spiro atoms. The second-order valence-corrected chi connectivity index (χ2v) is 3.40. The van der Waals surface area contributed by atoms with E-state index in [2.05, 4.69) is 10.6 Å². The maximum Gasteiger partial charge on any atom is 0.265 e. The summed E-state index contributed by atoms with van der Waals surface area (Å²) >= 11 is 0. The summed E-state index contributed by atoms with van der Waals surface area (Å²) in [7, 11) is 0. The predicted octanol–water partition coefficient (Wildman–Crippen LogP) is 0.117. The molecule has 0 aromatic carbocycles. The second-order valence-electron chi connectivity index (χ2n) is 3.40. The van der Waals surface area contributed by atoms with Crippen LogP contribution in [0.3, 0.4) is 0 Å². The van der Waals surface area contributed by atoms with Crippen molar-refractivity contribution in [1.82, 2.24) is 10.6 Å². The van der Waals surface area contributed by atoms with Gasteiger partial charge in [0, 0.05) is 12.6 Å². The molecular formula is C9H18F2N2O2. The van der Waals surface area contributed by atoms with Crippen molar-refractivity contribution < 1.29 is 18.7 Å².